The minimum absolute atomic E-state index is 0.0668. The number of aryl methyl sites for hydroxylation is 1. The molecule has 1 saturated heterocycles. The Kier molecular flexibility index (Phi) is 4.60. The van der Waals surface area contributed by atoms with Crippen LogP contribution in [0.25, 0.3) is 0 Å². The summed E-state index contributed by atoms with van der Waals surface area (Å²) in [6.07, 6.45) is -0.683. The van der Waals surface area contributed by atoms with E-state index in [1.54, 1.807) is 11.5 Å². The number of anilines is 1. The van der Waals surface area contributed by atoms with Gasteiger partial charge in [0.15, 0.2) is 6.17 Å². The Labute approximate surface area is 158 Å². The Bertz CT molecular complexity index is 994. The molecule has 0 bridgehead atoms. The molecule has 148 valence electrons. The van der Waals surface area contributed by atoms with Gasteiger partial charge in [-0.05, 0) is 25.8 Å². The lowest BCUT2D eigenvalue weighted by Gasteiger charge is -2.33. The zero-order valence-corrected chi connectivity index (χ0v) is 15.1. The molecule has 0 spiro atoms. The van der Waals surface area contributed by atoms with Gasteiger partial charge in [0.25, 0.3) is 11.5 Å². The summed E-state index contributed by atoms with van der Waals surface area (Å²) in [6.45, 7) is 1.73. The van der Waals surface area contributed by atoms with Gasteiger partial charge in [-0.2, -0.15) is 4.98 Å². The molecule has 6 nitrogen and oxygen atoms in total. The number of carbonyl (C=O) groups excluding carboxylic acids is 1. The van der Waals surface area contributed by atoms with Gasteiger partial charge in [0.1, 0.15) is 11.6 Å². The van der Waals surface area contributed by atoms with Crippen LogP contribution in [0.4, 0.5) is 19.1 Å². The first-order valence-electron chi connectivity index (χ1n) is 9.12. The standard InChI is InChI=1S/C19H19F3N4O2/c1-9-15(8-14(22)18(28)23-9)24-19-25-17(27)7-11-3-5-16(26(11)19)12-4-2-10(20)6-13(12)21/h2,4,6-7,9,14-16H,3,5,8H2,1H3,(H,23,28)(H,24,25,27). The summed E-state index contributed by atoms with van der Waals surface area (Å²) in [5.41, 5.74) is 0.501. The number of benzene rings is 1. The molecular formula is C19H19F3N4O2. The minimum Gasteiger partial charge on any atom is -0.351 e. The Balaban J connectivity index is 1.72. The maximum absolute atomic E-state index is 14.4. The number of hydrogen-bond acceptors (Lipinski definition) is 4. The smallest absolute Gasteiger partial charge is 0.274 e. The first-order chi connectivity index (χ1) is 13.3. The SMILES string of the molecule is CC1NC(=O)C(F)CC1Nc1nc(=O)cc2n1C(c1ccc(F)cc1F)CC2. The summed E-state index contributed by atoms with van der Waals surface area (Å²) < 4.78 is 43.2. The molecule has 0 saturated carbocycles. The van der Waals surface area contributed by atoms with Crippen molar-refractivity contribution < 1.29 is 18.0 Å². The quantitative estimate of drug-likeness (QED) is 0.839. The second-order valence-electron chi connectivity index (χ2n) is 7.25. The van der Waals surface area contributed by atoms with Gasteiger partial charge in [-0.25, -0.2) is 13.2 Å². The van der Waals surface area contributed by atoms with Crippen LogP contribution >= 0.6 is 0 Å². The molecule has 1 aromatic heterocycles. The molecule has 28 heavy (non-hydrogen) atoms. The predicted octanol–water partition coefficient (Wildman–Crippen LogP) is 2.08. The van der Waals surface area contributed by atoms with E-state index < -0.39 is 41.4 Å². The molecule has 4 unspecified atom stereocenters. The number of fused-ring (bicyclic) bond motifs is 1. The van der Waals surface area contributed by atoms with Gasteiger partial charge in [0.05, 0.1) is 12.1 Å². The molecule has 2 N–H and O–H groups in total. The van der Waals surface area contributed by atoms with E-state index >= 15 is 0 Å². The second-order valence-corrected chi connectivity index (χ2v) is 7.25. The molecule has 2 aromatic rings. The molecule has 0 radical (unpaired) electrons. The number of hydrogen-bond donors (Lipinski definition) is 2. The van der Waals surface area contributed by atoms with Crippen LogP contribution in [0.3, 0.4) is 0 Å². The summed E-state index contributed by atoms with van der Waals surface area (Å²) in [7, 11) is 0. The molecule has 2 aliphatic heterocycles. The van der Waals surface area contributed by atoms with Crippen LogP contribution in [0.15, 0.2) is 29.1 Å². The van der Waals surface area contributed by atoms with Crippen LogP contribution in [0.1, 0.15) is 37.1 Å². The van der Waals surface area contributed by atoms with Crippen LogP contribution in [0, 0.1) is 11.6 Å². The van der Waals surface area contributed by atoms with Crippen molar-refractivity contribution in [2.45, 2.75) is 50.5 Å². The summed E-state index contributed by atoms with van der Waals surface area (Å²) in [6, 6.07) is 3.44. The minimum atomic E-state index is -1.66. The molecule has 9 heteroatoms. The monoisotopic (exact) mass is 392 g/mol. The van der Waals surface area contributed by atoms with Crippen molar-refractivity contribution in [3.63, 3.8) is 0 Å². The topological polar surface area (TPSA) is 76.0 Å². The molecule has 0 aliphatic carbocycles. The number of aromatic nitrogens is 2. The number of halogens is 3. The van der Waals surface area contributed by atoms with E-state index in [4.69, 9.17) is 0 Å². The Morgan fingerprint density at radius 1 is 1.25 bits per heavy atom. The summed E-state index contributed by atoms with van der Waals surface area (Å²) >= 11 is 0. The molecule has 4 rings (SSSR count). The fraction of sp³-hybridized carbons (Fsp3) is 0.421. The van der Waals surface area contributed by atoms with E-state index in [1.807, 2.05) is 0 Å². The van der Waals surface area contributed by atoms with Crippen molar-refractivity contribution in [3.8, 4) is 0 Å². The van der Waals surface area contributed by atoms with E-state index in [1.165, 1.54) is 18.2 Å². The van der Waals surface area contributed by atoms with Crippen molar-refractivity contribution >= 4 is 11.9 Å². The lowest BCUT2D eigenvalue weighted by Crippen LogP contribution is -2.54. The molecule has 3 heterocycles. The maximum atomic E-state index is 14.4. The largest absolute Gasteiger partial charge is 0.351 e. The van der Waals surface area contributed by atoms with E-state index in [0.29, 0.717) is 24.1 Å². The normalized spacial score (nSPS) is 26.6. The fourth-order valence-electron chi connectivity index (χ4n) is 3.96. The zero-order valence-electron chi connectivity index (χ0n) is 15.1. The van der Waals surface area contributed by atoms with E-state index in [9.17, 15) is 22.8 Å². The molecule has 1 aromatic carbocycles. The Morgan fingerprint density at radius 3 is 2.79 bits per heavy atom. The molecule has 1 fully saturated rings. The van der Waals surface area contributed by atoms with Crippen LogP contribution in [-0.2, 0) is 11.2 Å². The second kappa shape index (κ2) is 6.96. The number of nitrogens with zero attached hydrogens (tertiary/aromatic N) is 2. The summed E-state index contributed by atoms with van der Waals surface area (Å²) in [4.78, 5) is 27.5. The first kappa shape index (κ1) is 18.5. The predicted molar refractivity (Wildman–Crippen MR) is 95.8 cm³/mol. The highest BCUT2D eigenvalue weighted by Gasteiger charge is 2.35. The van der Waals surface area contributed by atoms with Crippen LogP contribution in [0.2, 0.25) is 0 Å². The van der Waals surface area contributed by atoms with E-state index in [-0.39, 0.29) is 18.4 Å². The van der Waals surface area contributed by atoms with Gasteiger partial charge in [0, 0.05) is 35.9 Å². The molecular weight excluding hydrogens is 373 g/mol. The Morgan fingerprint density at radius 2 is 2.04 bits per heavy atom. The number of carbonyl (C=O) groups is 1. The van der Waals surface area contributed by atoms with Crippen LogP contribution < -0.4 is 16.2 Å². The highest BCUT2D eigenvalue weighted by Crippen LogP contribution is 2.35. The highest BCUT2D eigenvalue weighted by atomic mass is 19.1. The highest BCUT2D eigenvalue weighted by molar-refractivity contribution is 5.82. The van der Waals surface area contributed by atoms with Gasteiger partial charge in [-0.1, -0.05) is 6.07 Å². The van der Waals surface area contributed by atoms with E-state index in [0.717, 1.165) is 6.07 Å². The van der Waals surface area contributed by atoms with Gasteiger partial charge >= 0.3 is 0 Å². The van der Waals surface area contributed by atoms with Gasteiger partial charge in [0.2, 0.25) is 5.95 Å². The van der Waals surface area contributed by atoms with Gasteiger partial charge in [-0.15, -0.1) is 0 Å². The Hall–Kier alpha value is -2.84. The number of rotatable bonds is 3. The lowest BCUT2D eigenvalue weighted by atomic mass is 9.98. The van der Waals surface area contributed by atoms with Crippen LogP contribution in [-0.4, -0.2) is 33.7 Å². The number of piperidine rings is 1. The van der Waals surface area contributed by atoms with Gasteiger partial charge in [-0.3, -0.25) is 9.59 Å². The van der Waals surface area contributed by atoms with Crippen molar-refractivity contribution in [3.05, 3.63) is 57.5 Å². The van der Waals surface area contributed by atoms with E-state index in [2.05, 4.69) is 15.6 Å². The summed E-state index contributed by atoms with van der Waals surface area (Å²) in [5, 5.41) is 5.60. The molecule has 1 amide bonds. The van der Waals surface area contributed by atoms with Gasteiger partial charge < -0.3 is 15.2 Å². The number of alkyl halides is 1. The summed E-state index contributed by atoms with van der Waals surface area (Å²) in [5.74, 6) is -1.82. The third-order valence-corrected chi connectivity index (χ3v) is 5.38. The number of nitrogens with one attached hydrogen (secondary N) is 2. The third kappa shape index (κ3) is 3.25. The van der Waals surface area contributed by atoms with Crippen molar-refractivity contribution in [1.29, 1.82) is 0 Å². The zero-order chi connectivity index (χ0) is 20.0. The van der Waals surface area contributed by atoms with Crippen molar-refractivity contribution in [2.24, 2.45) is 0 Å². The van der Waals surface area contributed by atoms with Crippen molar-refractivity contribution in [2.75, 3.05) is 5.32 Å². The third-order valence-electron chi connectivity index (χ3n) is 5.38. The first-order valence-corrected chi connectivity index (χ1v) is 9.12. The molecule has 4 atom stereocenters. The maximum Gasteiger partial charge on any atom is 0.274 e. The average molecular weight is 392 g/mol. The van der Waals surface area contributed by atoms with Crippen molar-refractivity contribution in [1.82, 2.24) is 14.9 Å². The number of amides is 1. The van der Waals surface area contributed by atoms with Crippen LogP contribution in [0.5, 0.6) is 0 Å². The lowest BCUT2D eigenvalue weighted by molar-refractivity contribution is -0.128. The molecule has 2 aliphatic rings. The fourth-order valence-corrected chi connectivity index (χ4v) is 3.96. The average Bonchev–Trinajstić information content (AvgIpc) is 3.03.